The summed E-state index contributed by atoms with van der Waals surface area (Å²) >= 11 is 0. The van der Waals surface area contributed by atoms with Crippen LogP contribution in [0, 0.1) is 26.6 Å². The maximum absolute atomic E-state index is 13.1. The monoisotopic (exact) mass is 272 g/mol. The molecule has 2 aromatic rings. The van der Waals surface area contributed by atoms with E-state index in [2.05, 4.69) is 0 Å². The number of halogens is 1. The number of hydrogen-bond acceptors (Lipinski definition) is 2. The first-order chi connectivity index (χ1) is 9.45. The minimum absolute atomic E-state index is 0.0600. The van der Waals surface area contributed by atoms with E-state index < -0.39 is 0 Å². The minimum Gasteiger partial charge on any atom is -0.426 e. The molecular formula is C17H17FO2. The van der Waals surface area contributed by atoms with Gasteiger partial charge in [-0.15, -0.1) is 0 Å². The van der Waals surface area contributed by atoms with E-state index in [1.807, 2.05) is 32.9 Å². The molecule has 0 fully saturated rings. The Bertz CT molecular complexity index is 624. The lowest BCUT2D eigenvalue weighted by molar-refractivity contribution is -0.133. The van der Waals surface area contributed by atoms with Gasteiger partial charge in [-0.25, -0.2) is 4.39 Å². The van der Waals surface area contributed by atoms with Crippen LogP contribution in [0.4, 0.5) is 4.39 Å². The first-order valence-electron chi connectivity index (χ1n) is 6.48. The molecule has 2 rings (SSSR count). The average molecular weight is 272 g/mol. The quantitative estimate of drug-likeness (QED) is 0.625. The van der Waals surface area contributed by atoms with Gasteiger partial charge in [0.25, 0.3) is 0 Å². The molecule has 0 unspecified atom stereocenters. The second kappa shape index (κ2) is 5.87. The van der Waals surface area contributed by atoms with Gasteiger partial charge < -0.3 is 4.74 Å². The molecule has 104 valence electrons. The van der Waals surface area contributed by atoms with Crippen molar-refractivity contribution in [3.63, 3.8) is 0 Å². The van der Waals surface area contributed by atoms with Crippen molar-refractivity contribution in [2.45, 2.75) is 27.2 Å². The van der Waals surface area contributed by atoms with Gasteiger partial charge in [0.05, 0.1) is 6.42 Å². The lowest BCUT2D eigenvalue weighted by atomic mass is 10.1. The summed E-state index contributed by atoms with van der Waals surface area (Å²) in [6.45, 7) is 5.81. The average Bonchev–Trinajstić information content (AvgIpc) is 2.33. The van der Waals surface area contributed by atoms with Crippen LogP contribution in [0.3, 0.4) is 0 Å². The number of carbonyl (C=O) groups excluding carboxylic acids is 1. The van der Waals surface area contributed by atoms with Gasteiger partial charge in [0, 0.05) is 0 Å². The first kappa shape index (κ1) is 14.3. The molecule has 2 nitrogen and oxygen atoms in total. The zero-order chi connectivity index (χ0) is 14.7. The van der Waals surface area contributed by atoms with Crippen molar-refractivity contribution >= 4 is 5.97 Å². The molecule has 0 amide bonds. The highest BCUT2D eigenvalue weighted by Gasteiger charge is 2.11. The molecule has 0 aliphatic heterocycles. The number of hydrogen-bond donors (Lipinski definition) is 0. The Hall–Kier alpha value is -2.16. The highest BCUT2D eigenvalue weighted by molar-refractivity contribution is 5.76. The third-order valence-electron chi connectivity index (χ3n) is 3.06. The number of esters is 1. The topological polar surface area (TPSA) is 26.3 Å². The van der Waals surface area contributed by atoms with Gasteiger partial charge in [0.2, 0.25) is 0 Å². The fourth-order valence-electron chi connectivity index (χ4n) is 2.29. The molecule has 0 spiro atoms. The first-order valence-corrected chi connectivity index (χ1v) is 6.48. The van der Waals surface area contributed by atoms with Gasteiger partial charge in [-0.2, -0.15) is 0 Å². The molecule has 0 bridgehead atoms. The van der Waals surface area contributed by atoms with Crippen molar-refractivity contribution in [1.29, 1.82) is 0 Å². The summed E-state index contributed by atoms with van der Waals surface area (Å²) in [6.07, 6.45) is 0.0600. The fourth-order valence-corrected chi connectivity index (χ4v) is 2.29. The lowest BCUT2D eigenvalue weighted by Crippen LogP contribution is -2.13. The molecule has 0 aliphatic carbocycles. The van der Waals surface area contributed by atoms with E-state index in [0.29, 0.717) is 11.3 Å². The van der Waals surface area contributed by atoms with Crippen molar-refractivity contribution < 1.29 is 13.9 Å². The van der Waals surface area contributed by atoms with Crippen LogP contribution in [0.1, 0.15) is 22.3 Å². The second-order valence-electron chi connectivity index (χ2n) is 5.01. The third kappa shape index (κ3) is 3.44. The number of rotatable bonds is 3. The van der Waals surface area contributed by atoms with Gasteiger partial charge in [0.1, 0.15) is 11.6 Å². The van der Waals surface area contributed by atoms with Gasteiger partial charge in [-0.3, -0.25) is 4.79 Å². The zero-order valence-corrected chi connectivity index (χ0v) is 11.9. The van der Waals surface area contributed by atoms with Crippen molar-refractivity contribution in [2.24, 2.45) is 0 Å². The van der Waals surface area contributed by atoms with E-state index in [1.54, 1.807) is 12.1 Å². The smallest absolute Gasteiger partial charge is 0.315 e. The van der Waals surface area contributed by atoms with E-state index in [-0.39, 0.29) is 18.2 Å². The van der Waals surface area contributed by atoms with Crippen LogP contribution in [0.2, 0.25) is 0 Å². The van der Waals surface area contributed by atoms with Crippen LogP contribution in [-0.4, -0.2) is 5.97 Å². The minimum atomic E-state index is -0.384. The molecule has 20 heavy (non-hydrogen) atoms. The summed E-state index contributed by atoms with van der Waals surface area (Å²) in [4.78, 5) is 11.9. The summed E-state index contributed by atoms with van der Waals surface area (Å²) in [5, 5.41) is 0. The Kier molecular flexibility index (Phi) is 4.18. The van der Waals surface area contributed by atoms with Crippen LogP contribution in [-0.2, 0) is 11.2 Å². The van der Waals surface area contributed by atoms with Gasteiger partial charge in [0.15, 0.2) is 0 Å². The molecule has 0 radical (unpaired) electrons. The molecule has 0 aromatic heterocycles. The van der Waals surface area contributed by atoms with Crippen molar-refractivity contribution in [2.75, 3.05) is 0 Å². The van der Waals surface area contributed by atoms with Gasteiger partial charge in [-0.05, 0) is 49.6 Å². The molecule has 2 aromatic carbocycles. The van der Waals surface area contributed by atoms with E-state index >= 15 is 0 Å². The summed E-state index contributed by atoms with van der Waals surface area (Å²) in [7, 11) is 0. The zero-order valence-electron chi connectivity index (χ0n) is 11.9. The lowest BCUT2D eigenvalue weighted by Gasteiger charge is -2.11. The highest BCUT2D eigenvalue weighted by atomic mass is 19.1. The molecule has 0 aliphatic rings. The standard InChI is InChI=1S/C17H17FO2/c1-11-7-12(2)17(13(3)8-11)20-16(19)10-14-5-4-6-15(18)9-14/h4-9H,10H2,1-3H3. The van der Waals surface area contributed by atoms with Crippen LogP contribution in [0.15, 0.2) is 36.4 Å². The van der Waals surface area contributed by atoms with E-state index in [1.165, 1.54) is 12.1 Å². The maximum Gasteiger partial charge on any atom is 0.315 e. The van der Waals surface area contributed by atoms with Crippen molar-refractivity contribution in [3.8, 4) is 5.75 Å². The molecule has 0 saturated heterocycles. The normalized spacial score (nSPS) is 10.4. The SMILES string of the molecule is Cc1cc(C)c(OC(=O)Cc2cccc(F)c2)c(C)c1. The molecule has 0 saturated carbocycles. The maximum atomic E-state index is 13.1. The van der Waals surface area contributed by atoms with E-state index in [9.17, 15) is 9.18 Å². The summed E-state index contributed by atoms with van der Waals surface area (Å²) < 4.78 is 18.5. The largest absolute Gasteiger partial charge is 0.426 e. The fraction of sp³-hybridized carbons (Fsp3) is 0.235. The van der Waals surface area contributed by atoms with E-state index in [0.717, 1.165) is 16.7 Å². The Morgan fingerprint density at radius 2 is 1.75 bits per heavy atom. The summed E-state index contributed by atoms with van der Waals surface area (Å²) in [5.41, 5.74) is 3.59. The Morgan fingerprint density at radius 1 is 1.10 bits per heavy atom. The Balaban J connectivity index is 2.13. The van der Waals surface area contributed by atoms with Crippen molar-refractivity contribution in [3.05, 3.63) is 64.5 Å². The Labute approximate surface area is 118 Å². The predicted octanol–water partition coefficient (Wildman–Crippen LogP) is 3.90. The highest BCUT2D eigenvalue weighted by Crippen LogP contribution is 2.25. The van der Waals surface area contributed by atoms with Crippen LogP contribution < -0.4 is 4.74 Å². The van der Waals surface area contributed by atoms with Gasteiger partial charge >= 0.3 is 5.97 Å². The number of aryl methyl sites for hydroxylation is 3. The number of ether oxygens (including phenoxy) is 1. The van der Waals surface area contributed by atoms with Crippen LogP contribution >= 0.6 is 0 Å². The number of benzene rings is 2. The molecule has 0 atom stereocenters. The molecule has 0 N–H and O–H groups in total. The predicted molar refractivity (Wildman–Crippen MR) is 76.4 cm³/mol. The third-order valence-corrected chi connectivity index (χ3v) is 3.06. The summed E-state index contributed by atoms with van der Waals surface area (Å²) in [6, 6.07) is 9.92. The second-order valence-corrected chi connectivity index (χ2v) is 5.01. The number of carbonyl (C=O) groups is 1. The van der Waals surface area contributed by atoms with Crippen LogP contribution in [0.25, 0.3) is 0 Å². The van der Waals surface area contributed by atoms with E-state index in [4.69, 9.17) is 4.74 Å². The van der Waals surface area contributed by atoms with Gasteiger partial charge in [-0.1, -0.05) is 29.8 Å². The summed E-state index contributed by atoms with van der Waals surface area (Å²) in [5.74, 6) is -0.138. The van der Waals surface area contributed by atoms with Crippen LogP contribution in [0.5, 0.6) is 5.75 Å². The van der Waals surface area contributed by atoms with Crippen molar-refractivity contribution in [1.82, 2.24) is 0 Å². The molecule has 0 heterocycles. The molecular weight excluding hydrogens is 255 g/mol. The Morgan fingerprint density at radius 3 is 2.35 bits per heavy atom. The molecule has 3 heteroatoms.